The Balaban J connectivity index is 1.23. The molecule has 2 aromatic carbocycles. The van der Waals surface area contributed by atoms with E-state index in [1.54, 1.807) is 7.11 Å². The van der Waals surface area contributed by atoms with E-state index in [1.807, 2.05) is 54.4 Å². The number of carbonyl (C=O) groups excluding carboxylic acids is 1. The highest BCUT2D eigenvalue weighted by Gasteiger charge is 2.36. The van der Waals surface area contributed by atoms with Crippen molar-refractivity contribution in [3.63, 3.8) is 0 Å². The third-order valence-corrected chi connectivity index (χ3v) is 7.99. The lowest BCUT2D eigenvalue weighted by Gasteiger charge is -2.38. The summed E-state index contributed by atoms with van der Waals surface area (Å²) in [6, 6.07) is 16.0. The van der Waals surface area contributed by atoms with Crippen LogP contribution in [0.2, 0.25) is 0 Å². The van der Waals surface area contributed by atoms with Crippen molar-refractivity contribution in [2.45, 2.75) is 40.3 Å². The molecular formula is C31H39N5O3. The summed E-state index contributed by atoms with van der Waals surface area (Å²) >= 11 is 0. The van der Waals surface area contributed by atoms with Gasteiger partial charge in [-0.25, -0.2) is 4.98 Å². The van der Waals surface area contributed by atoms with Crippen molar-refractivity contribution in [3.05, 3.63) is 87.8 Å². The van der Waals surface area contributed by atoms with Crippen LogP contribution in [-0.4, -0.2) is 73.0 Å². The van der Waals surface area contributed by atoms with E-state index < -0.39 is 0 Å². The van der Waals surface area contributed by atoms with Crippen molar-refractivity contribution in [1.29, 1.82) is 0 Å². The van der Waals surface area contributed by atoms with Gasteiger partial charge in [-0.2, -0.15) is 0 Å². The topological polar surface area (TPSA) is 72.0 Å². The fraction of sp³-hybridized carbons (Fsp3) is 0.419. The number of hydrogen-bond donors (Lipinski definition) is 0. The van der Waals surface area contributed by atoms with Gasteiger partial charge in [0.2, 0.25) is 0 Å². The molecule has 0 bridgehead atoms. The van der Waals surface area contributed by atoms with Crippen LogP contribution in [0.5, 0.6) is 5.75 Å². The zero-order valence-corrected chi connectivity index (χ0v) is 23.7. The molecule has 2 unspecified atom stereocenters. The molecule has 5 rings (SSSR count). The second-order valence-corrected chi connectivity index (χ2v) is 11.1. The molecular weight excluding hydrogens is 490 g/mol. The number of amides is 1. The van der Waals surface area contributed by atoms with Gasteiger partial charge in [0.15, 0.2) is 6.67 Å². The number of nitrogens with zero attached hydrogens (tertiary/aromatic N) is 5. The molecule has 0 radical (unpaired) electrons. The van der Waals surface area contributed by atoms with Crippen LogP contribution in [0.15, 0.2) is 54.7 Å². The molecule has 2 fully saturated rings. The highest BCUT2D eigenvalue weighted by molar-refractivity contribution is 5.96. The molecule has 8 heteroatoms. The molecule has 8 nitrogen and oxygen atoms in total. The van der Waals surface area contributed by atoms with Gasteiger partial charge in [-0.1, -0.05) is 6.07 Å². The summed E-state index contributed by atoms with van der Waals surface area (Å²) in [6.45, 7) is 12.4. The zero-order valence-electron chi connectivity index (χ0n) is 23.7. The van der Waals surface area contributed by atoms with Crippen molar-refractivity contribution in [2.75, 3.05) is 56.3 Å². The number of anilines is 2. The highest BCUT2D eigenvalue weighted by atomic mass is 16.6. The summed E-state index contributed by atoms with van der Waals surface area (Å²) in [4.78, 5) is 24.4. The van der Waals surface area contributed by atoms with E-state index in [1.165, 1.54) is 5.56 Å². The smallest absolute Gasteiger partial charge is 0.254 e. The van der Waals surface area contributed by atoms with Gasteiger partial charge in [-0.15, -0.1) is 0 Å². The first kappa shape index (κ1) is 27.0. The largest absolute Gasteiger partial charge is 0.631 e. The van der Waals surface area contributed by atoms with Crippen molar-refractivity contribution in [1.82, 2.24) is 9.88 Å². The van der Waals surface area contributed by atoms with E-state index in [-0.39, 0.29) is 16.6 Å². The Morgan fingerprint density at radius 3 is 2.38 bits per heavy atom. The van der Waals surface area contributed by atoms with Crippen molar-refractivity contribution >= 4 is 17.4 Å². The summed E-state index contributed by atoms with van der Waals surface area (Å²) in [6.07, 6.45) is 1.90. The predicted molar refractivity (Wildman–Crippen MR) is 155 cm³/mol. The Bertz CT molecular complexity index is 1340. The molecule has 39 heavy (non-hydrogen) atoms. The molecule has 3 aromatic rings. The number of carbonyl (C=O) groups is 1. The number of methoxy groups -OCH3 is 1. The number of piperazine rings is 1. The van der Waals surface area contributed by atoms with Crippen LogP contribution in [0, 0.1) is 26.0 Å². The summed E-state index contributed by atoms with van der Waals surface area (Å²) in [7, 11) is 1.64. The maximum Gasteiger partial charge on any atom is 0.254 e. The minimum atomic E-state index is -0.299. The van der Waals surface area contributed by atoms with Crippen molar-refractivity contribution < 1.29 is 14.2 Å². The zero-order chi connectivity index (χ0) is 27.7. The molecule has 0 N–H and O–H groups in total. The lowest BCUT2D eigenvalue weighted by molar-refractivity contribution is -0.881. The number of benzene rings is 2. The van der Waals surface area contributed by atoms with E-state index >= 15 is 0 Å². The fourth-order valence-electron chi connectivity index (χ4n) is 5.97. The molecule has 2 aliphatic heterocycles. The van der Waals surface area contributed by atoms with E-state index in [0.717, 1.165) is 52.6 Å². The minimum Gasteiger partial charge on any atom is -0.631 e. The Hall–Kier alpha value is -3.62. The fourth-order valence-corrected chi connectivity index (χ4v) is 5.97. The van der Waals surface area contributed by atoms with Crippen molar-refractivity contribution in [3.8, 4) is 5.75 Å². The quantitative estimate of drug-likeness (QED) is 0.342. The highest BCUT2D eigenvalue weighted by Crippen LogP contribution is 2.31. The first-order valence-corrected chi connectivity index (χ1v) is 13.7. The third-order valence-electron chi connectivity index (χ3n) is 7.99. The van der Waals surface area contributed by atoms with Gasteiger partial charge < -0.3 is 29.3 Å². The second kappa shape index (κ2) is 10.9. The molecule has 1 aromatic heterocycles. The first-order chi connectivity index (χ1) is 18.7. The summed E-state index contributed by atoms with van der Waals surface area (Å²) < 4.78 is 4.94. The molecule has 2 saturated heterocycles. The summed E-state index contributed by atoms with van der Waals surface area (Å²) in [5, 5.41) is 13.6. The molecule has 0 saturated carbocycles. The van der Waals surface area contributed by atoms with Crippen molar-refractivity contribution in [2.24, 2.45) is 0 Å². The van der Waals surface area contributed by atoms with E-state index in [9.17, 15) is 10.0 Å². The molecule has 206 valence electrons. The maximum absolute atomic E-state index is 13.6. The van der Waals surface area contributed by atoms with Gasteiger partial charge in [0, 0.05) is 49.2 Å². The minimum absolute atomic E-state index is 0.0650. The van der Waals surface area contributed by atoms with Crippen LogP contribution in [-0.2, 0) is 6.54 Å². The number of rotatable bonds is 6. The molecule has 2 aliphatic rings. The Morgan fingerprint density at radius 2 is 1.74 bits per heavy atom. The van der Waals surface area contributed by atoms with Crippen LogP contribution in [0.1, 0.15) is 39.5 Å². The van der Waals surface area contributed by atoms with Gasteiger partial charge in [0.25, 0.3) is 5.91 Å². The lowest BCUT2D eigenvalue weighted by atomic mass is 10.1. The maximum atomic E-state index is 13.6. The lowest BCUT2D eigenvalue weighted by Crippen LogP contribution is -2.49. The molecule has 1 amide bonds. The predicted octanol–water partition coefficient (Wildman–Crippen LogP) is 4.66. The molecule has 0 spiro atoms. The Kier molecular flexibility index (Phi) is 7.51. The van der Waals surface area contributed by atoms with Crippen LogP contribution in [0.3, 0.4) is 0 Å². The number of aromatic nitrogens is 1. The van der Waals surface area contributed by atoms with E-state index in [0.29, 0.717) is 32.8 Å². The third kappa shape index (κ3) is 5.72. The Morgan fingerprint density at radius 1 is 1.03 bits per heavy atom. The van der Waals surface area contributed by atoms with Crippen LogP contribution >= 0.6 is 0 Å². The monoisotopic (exact) mass is 529 g/mol. The van der Waals surface area contributed by atoms with E-state index in [4.69, 9.17) is 4.74 Å². The first-order valence-electron chi connectivity index (χ1n) is 13.7. The van der Waals surface area contributed by atoms with Gasteiger partial charge in [0.05, 0.1) is 13.2 Å². The average Bonchev–Trinajstić information content (AvgIpc) is 3.22. The van der Waals surface area contributed by atoms with Crippen LogP contribution in [0.25, 0.3) is 0 Å². The number of hydroxylamine groups is 3. The molecule has 0 aliphatic carbocycles. The summed E-state index contributed by atoms with van der Waals surface area (Å²) in [5.74, 6) is 1.86. The number of pyridine rings is 1. The standard InChI is InChI=1S/C31H39N5O3/c1-22-16-24(3)30(32-18-22)33-12-14-34(15-13-33)31(37)29-11-8-27(17-23(29)2)35-21-36(38,19-25(35)4)20-26-6-9-28(39-5)10-7-26/h6-11,16-18,25H,12-15,19-21H2,1-5H3. The van der Waals surface area contributed by atoms with E-state index in [2.05, 4.69) is 47.7 Å². The number of quaternary nitrogens is 1. The van der Waals surface area contributed by atoms with Gasteiger partial charge in [-0.3, -0.25) is 4.79 Å². The normalized spacial score (nSPS) is 21.4. The number of hydrogen-bond acceptors (Lipinski definition) is 6. The van der Waals surface area contributed by atoms with Crippen LogP contribution < -0.4 is 14.5 Å². The summed E-state index contributed by atoms with van der Waals surface area (Å²) in [5.41, 5.74) is 5.99. The van der Waals surface area contributed by atoms with Crippen LogP contribution in [0.4, 0.5) is 11.5 Å². The second-order valence-electron chi connectivity index (χ2n) is 11.1. The number of ether oxygens (including phenoxy) is 1. The average molecular weight is 530 g/mol. The van der Waals surface area contributed by atoms with Gasteiger partial charge >= 0.3 is 0 Å². The number of aryl methyl sites for hydroxylation is 3. The van der Waals surface area contributed by atoms with Gasteiger partial charge in [0.1, 0.15) is 24.7 Å². The van der Waals surface area contributed by atoms with Gasteiger partial charge in [-0.05, 0) is 86.8 Å². The Labute approximate surface area is 231 Å². The molecule has 3 heterocycles. The SMILES string of the molecule is COc1ccc(C[N+]2([O-])CC(C)N(c3ccc(C(=O)N4CCN(c5ncc(C)cc5C)CC4)c(C)c3)C2)cc1. The molecule has 2 atom stereocenters.